The molecule has 2 aliphatic rings. The highest BCUT2D eigenvalue weighted by atomic mass is 35.5. The molecule has 172 valence electrons. The Balaban J connectivity index is 1.22. The fourth-order valence-electron chi connectivity index (χ4n) is 4.60. The van der Waals surface area contributed by atoms with Gasteiger partial charge in [-0.15, -0.1) is 0 Å². The maximum absolute atomic E-state index is 12.7. The first-order chi connectivity index (χ1) is 16.1. The van der Waals surface area contributed by atoms with Gasteiger partial charge in [-0.1, -0.05) is 23.7 Å². The number of aromatic amines is 1. The Hall–Kier alpha value is -2.97. The molecule has 33 heavy (non-hydrogen) atoms. The second-order valence-electron chi connectivity index (χ2n) is 8.68. The number of pyridine rings is 1. The standard InChI is InChI=1S/C24H27ClN6O2/c25-19-14-17(24(33)31-8-4-1-5-9-31)15-26-22(19)30-12-10-29(11-13-30)16-21-27-20-7-3-2-6-18(20)23(32)28-21/h2-3,6-7,14-15H,1,4-5,8-13,16H2,(H,27,28,32). The molecule has 0 bridgehead atoms. The normalized spacial score (nSPS) is 17.5. The van der Waals surface area contributed by atoms with Gasteiger partial charge in [-0.05, 0) is 37.5 Å². The molecule has 2 saturated heterocycles. The Morgan fingerprint density at radius 3 is 2.55 bits per heavy atom. The summed E-state index contributed by atoms with van der Waals surface area (Å²) in [5, 5.41) is 1.11. The molecule has 0 radical (unpaired) electrons. The van der Waals surface area contributed by atoms with Crippen molar-refractivity contribution in [3.63, 3.8) is 0 Å². The topological polar surface area (TPSA) is 85.4 Å². The number of rotatable bonds is 4. The van der Waals surface area contributed by atoms with Crippen molar-refractivity contribution in [3.8, 4) is 0 Å². The van der Waals surface area contributed by atoms with Gasteiger partial charge in [-0.2, -0.15) is 0 Å². The molecular weight excluding hydrogens is 440 g/mol. The van der Waals surface area contributed by atoms with Crippen LogP contribution in [0.5, 0.6) is 0 Å². The van der Waals surface area contributed by atoms with Crippen LogP contribution in [0.4, 0.5) is 5.82 Å². The summed E-state index contributed by atoms with van der Waals surface area (Å²) < 4.78 is 0. The highest BCUT2D eigenvalue weighted by Gasteiger charge is 2.23. The maximum Gasteiger partial charge on any atom is 0.258 e. The van der Waals surface area contributed by atoms with E-state index in [0.717, 1.165) is 52.1 Å². The summed E-state index contributed by atoms with van der Waals surface area (Å²) in [6.45, 7) is 5.28. The van der Waals surface area contributed by atoms with Gasteiger partial charge in [-0.3, -0.25) is 14.5 Å². The summed E-state index contributed by atoms with van der Waals surface area (Å²) in [6, 6.07) is 9.12. The Morgan fingerprint density at radius 1 is 1.03 bits per heavy atom. The number of likely N-dealkylation sites (tertiary alicyclic amines) is 1. The van der Waals surface area contributed by atoms with Gasteiger partial charge in [-0.25, -0.2) is 9.97 Å². The van der Waals surface area contributed by atoms with Crippen LogP contribution in [0.25, 0.3) is 10.9 Å². The van der Waals surface area contributed by atoms with Crippen LogP contribution >= 0.6 is 11.6 Å². The maximum atomic E-state index is 12.7. The van der Waals surface area contributed by atoms with Crippen LogP contribution in [-0.2, 0) is 6.54 Å². The largest absolute Gasteiger partial charge is 0.353 e. The molecule has 0 atom stereocenters. The van der Waals surface area contributed by atoms with E-state index in [1.807, 2.05) is 23.1 Å². The number of amides is 1. The number of hydrogen-bond acceptors (Lipinski definition) is 6. The minimum atomic E-state index is -0.107. The second kappa shape index (κ2) is 9.49. The summed E-state index contributed by atoms with van der Waals surface area (Å²) in [5.74, 6) is 1.39. The highest BCUT2D eigenvalue weighted by Crippen LogP contribution is 2.26. The summed E-state index contributed by atoms with van der Waals surface area (Å²) in [6.07, 6.45) is 4.94. The van der Waals surface area contributed by atoms with E-state index in [0.29, 0.717) is 39.7 Å². The molecule has 5 rings (SSSR count). The Bertz CT molecular complexity index is 1220. The summed E-state index contributed by atoms with van der Waals surface area (Å²) in [4.78, 5) is 43.4. The summed E-state index contributed by atoms with van der Waals surface area (Å²) in [7, 11) is 0. The predicted molar refractivity (Wildman–Crippen MR) is 129 cm³/mol. The molecule has 4 heterocycles. The number of nitrogens with one attached hydrogen (secondary N) is 1. The zero-order valence-corrected chi connectivity index (χ0v) is 19.2. The summed E-state index contributed by atoms with van der Waals surface area (Å²) >= 11 is 6.55. The number of fused-ring (bicyclic) bond motifs is 1. The average Bonchev–Trinajstić information content (AvgIpc) is 2.85. The lowest BCUT2D eigenvalue weighted by Crippen LogP contribution is -2.46. The first kappa shape index (κ1) is 21.9. The number of halogens is 1. The van der Waals surface area contributed by atoms with E-state index in [9.17, 15) is 9.59 Å². The smallest absolute Gasteiger partial charge is 0.258 e. The number of hydrogen-bond donors (Lipinski definition) is 1. The van der Waals surface area contributed by atoms with Crippen LogP contribution < -0.4 is 10.5 Å². The molecule has 2 aliphatic heterocycles. The van der Waals surface area contributed by atoms with Crippen LogP contribution in [0.1, 0.15) is 35.4 Å². The zero-order valence-electron chi connectivity index (χ0n) is 18.5. The Morgan fingerprint density at radius 2 is 1.79 bits per heavy atom. The first-order valence-corrected chi connectivity index (χ1v) is 11.9. The van der Waals surface area contributed by atoms with E-state index >= 15 is 0 Å². The number of carbonyl (C=O) groups excluding carboxylic acids is 1. The van der Waals surface area contributed by atoms with E-state index in [1.54, 1.807) is 18.3 Å². The number of aromatic nitrogens is 3. The van der Waals surface area contributed by atoms with Crippen molar-refractivity contribution in [2.75, 3.05) is 44.2 Å². The number of benzene rings is 1. The van der Waals surface area contributed by atoms with Crippen LogP contribution in [0.3, 0.4) is 0 Å². The first-order valence-electron chi connectivity index (χ1n) is 11.5. The fraction of sp³-hybridized carbons (Fsp3) is 0.417. The number of H-pyrrole nitrogens is 1. The van der Waals surface area contributed by atoms with Crippen molar-refractivity contribution >= 4 is 34.2 Å². The van der Waals surface area contributed by atoms with Gasteiger partial charge in [0.2, 0.25) is 0 Å². The molecule has 9 heteroatoms. The molecule has 0 spiro atoms. The molecule has 1 aromatic carbocycles. The zero-order chi connectivity index (χ0) is 22.8. The molecule has 0 unspecified atom stereocenters. The minimum absolute atomic E-state index is 0.0114. The Labute approximate surface area is 197 Å². The van der Waals surface area contributed by atoms with Gasteiger partial charge in [0.05, 0.1) is 28.0 Å². The van der Waals surface area contributed by atoms with Crippen molar-refractivity contribution in [3.05, 3.63) is 63.3 Å². The van der Waals surface area contributed by atoms with E-state index in [2.05, 4.69) is 24.8 Å². The molecule has 8 nitrogen and oxygen atoms in total. The van der Waals surface area contributed by atoms with Crippen molar-refractivity contribution < 1.29 is 4.79 Å². The quantitative estimate of drug-likeness (QED) is 0.636. The van der Waals surface area contributed by atoms with Crippen LogP contribution in [0, 0.1) is 0 Å². The third-order valence-corrected chi connectivity index (χ3v) is 6.70. The van der Waals surface area contributed by atoms with Gasteiger partial charge in [0.15, 0.2) is 0 Å². The fourth-order valence-corrected chi connectivity index (χ4v) is 4.89. The number of piperazine rings is 1. The lowest BCUT2D eigenvalue weighted by atomic mass is 10.1. The van der Waals surface area contributed by atoms with Gasteiger partial charge >= 0.3 is 0 Å². The SMILES string of the molecule is O=C(c1cnc(N2CCN(Cc3nc4ccccc4c(=O)[nH]3)CC2)c(Cl)c1)N1CCCCC1. The Kier molecular flexibility index (Phi) is 6.28. The molecule has 2 fully saturated rings. The van der Waals surface area contributed by atoms with Crippen molar-refractivity contribution in [1.29, 1.82) is 0 Å². The molecule has 3 aromatic rings. The lowest BCUT2D eigenvalue weighted by molar-refractivity contribution is 0.0724. The molecule has 2 aromatic heterocycles. The van der Waals surface area contributed by atoms with E-state index in [4.69, 9.17) is 11.6 Å². The van der Waals surface area contributed by atoms with E-state index in [-0.39, 0.29) is 11.5 Å². The third-order valence-electron chi connectivity index (χ3n) is 6.42. The molecule has 0 saturated carbocycles. The van der Waals surface area contributed by atoms with E-state index in [1.165, 1.54) is 6.42 Å². The van der Waals surface area contributed by atoms with Crippen LogP contribution in [0.2, 0.25) is 5.02 Å². The number of nitrogens with zero attached hydrogens (tertiary/aromatic N) is 5. The van der Waals surface area contributed by atoms with E-state index < -0.39 is 0 Å². The number of piperidine rings is 1. The number of para-hydroxylation sites is 1. The van der Waals surface area contributed by atoms with Crippen molar-refractivity contribution in [2.24, 2.45) is 0 Å². The van der Waals surface area contributed by atoms with Crippen LogP contribution in [0.15, 0.2) is 41.3 Å². The third kappa shape index (κ3) is 4.72. The van der Waals surface area contributed by atoms with Gasteiger partial charge in [0.25, 0.3) is 11.5 Å². The lowest BCUT2D eigenvalue weighted by Gasteiger charge is -2.35. The summed E-state index contributed by atoms with van der Waals surface area (Å²) in [5.41, 5.74) is 1.16. The molecule has 1 amide bonds. The molecular formula is C24H27ClN6O2. The minimum Gasteiger partial charge on any atom is -0.353 e. The molecule has 1 N–H and O–H groups in total. The number of carbonyl (C=O) groups is 1. The van der Waals surface area contributed by atoms with Crippen molar-refractivity contribution in [1.82, 2.24) is 24.8 Å². The monoisotopic (exact) mass is 466 g/mol. The predicted octanol–water partition coefficient (Wildman–Crippen LogP) is 2.92. The second-order valence-corrected chi connectivity index (χ2v) is 9.08. The number of anilines is 1. The van der Waals surface area contributed by atoms with Crippen molar-refractivity contribution in [2.45, 2.75) is 25.8 Å². The average molecular weight is 467 g/mol. The van der Waals surface area contributed by atoms with Crippen LogP contribution in [-0.4, -0.2) is 69.9 Å². The highest BCUT2D eigenvalue weighted by molar-refractivity contribution is 6.33. The van der Waals surface area contributed by atoms with Gasteiger partial charge < -0.3 is 14.8 Å². The van der Waals surface area contributed by atoms with Gasteiger partial charge in [0.1, 0.15) is 11.6 Å². The van der Waals surface area contributed by atoms with Gasteiger partial charge in [0, 0.05) is 45.5 Å². The molecule has 0 aliphatic carbocycles.